The summed E-state index contributed by atoms with van der Waals surface area (Å²) in [5, 5.41) is 7.49. The molecule has 1 atom stereocenters. The van der Waals surface area contributed by atoms with E-state index in [2.05, 4.69) is 15.4 Å². The molecule has 7 nitrogen and oxygen atoms in total. The maximum Gasteiger partial charge on any atom is 0.316 e. The molecule has 3 rings (SSSR count). The summed E-state index contributed by atoms with van der Waals surface area (Å²) >= 11 is 0. The SMILES string of the molecule is CN(C)C(=O)NC[C@@H]1OCCc2cn(Cc3ccccn3)nc21. The van der Waals surface area contributed by atoms with Gasteiger partial charge in [0.05, 0.1) is 31.1 Å². The Hall–Kier alpha value is -2.41. The summed E-state index contributed by atoms with van der Waals surface area (Å²) in [5.41, 5.74) is 3.05. The van der Waals surface area contributed by atoms with Gasteiger partial charge in [0.2, 0.25) is 0 Å². The van der Waals surface area contributed by atoms with Gasteiger partial charge in [0.15, 0.2) is 0 Å². The number of rotatable bonds is 4. The molecule has 0 radical (unpaired) electrons. The molecule has 0 saturated carbocycles. The number of ether oxygens (including phenoxy) is 1. The van der Waals surface area contributed by atoms with E-state index >= 15 is 0 Å². The van der Waals surface area contributed by atoms with Crippen molar-refractivity contribution in [3.63, 3.8) is 0 Å². The van der Waals surface area contributed by atoms with Gasteiger partial charge in [0.25, 0.3) is 0 Å². The highest BCUT2D eigenvalue weighted by Gasteiger charge is 2.25. The van der Waals surface area contributed by atoms with Crippen LogP contribution in [0.2, 0.25) is 0 Å². The van der Waals surface area contributed by atoms with Gasteiger partial charge < -0.3 is 15.0 Å². The molecule has 0 fully saturated rings. The first-order valence-corrected chi connectivity index (χ1v) is 7.66. The van der Waals surface area contributed by atoms with E-state index in [9.17, 15) is 4.79 Å². The molecule has 0 aliphatic carbocycles. The molecule has 2 aromatic rings. The van der Waals surface area contributed by atoms with Crippen LogP contribution >= 0.6 is 0 Å². The molecule has 1 N–H and O–H groups in total. The highest BCUT2D eigenvalue weighted by atomic mass is 16.5. The molecule has 0 bridgehead atoms. The second kappa shape index (κ2) is 6.78. The van der Waals surface area contributed by atoms with Crippen LogP contribution in [0, 0.1) is 0 Å². The normalized spacial score (nSPS) is 16.7. The van der Waals surface area contributed by atoms with E-state index in [0.717, 1.165) is 17.8 Å². The fourth-order valence-electron chi connectivity index (χ4n) is 2.56. The summed E-state index contributed by atoms with van der Waals surface area (Å²) in [6.45, 7) is 1.69. The fourth-order valence-corrected chi connectivity index (χ4v) is 2.56. The van der Waals surface area contributed by atoms with Crippen LogP contribution in [0.1, 0.15) is 23.1 Å². The minimum Gasteiger partial charge on any atom is -0.370 e. The predicted octanol–water partition coefficient (Wildman–Crippen LogP) is 1.21. The van der Waals surface area contributed by atoms with Crippen LogP contribution in [0.15, 0.2) is 30.6 Å². The number of nitrogens with one attached hydrogen (secondary N) is 1. The summed E-state index contributed by atoms with van der Waals surface area (Å²) < 4.78 is 7.66. The predicted molar refractivity (Wildman–Crippen MR) is 85.0 cm³/mol. The standard InChI is InChI=1S/C16H21N5O2/c1-20(2)16(22)18-9-14-15-12(6-8-23-14)10-21(19-15)11-13-5-3-4-7-17-13/h3-5,7,10,14H,6,8-9,11H2,1-2H3,(H,18,22)/t14-/m0/s1. The average molecular weight is 315 g/mol. The molecule has 1 aliphatic heterocycles. The number of nitrogens with zero attached hydrogens (tertiary/aromatic N) is 4. The Kier molecular flexibility index (Phi) is 4.57. The van der Waals surface area contributed by atoms with Gasteiger partial charge in [-0.2, -0.15) is 5.10 Å². The van der Waals surface area contributed by atoms with Gasteiger partial charge in [0, 0.05) is 26.5 Å². The van der Waals surface area contributed by atoms with Crippen molar-refractivity contribution in [3.8, 4) is 0 Å². The molecule has 1 aliphatic rings. The zero-order chi connectivity index (χ0) is 16.2. The number of aromatic nitrogens is 3. The third-order valence-electron chi connectivity index (χ3n) is 3.76. The van der Waals surface area contributed by atoms with E-state index in [1.165, 1.54) is 10.5 Å². The van der Waals surface area contributed by atoms with Gasteiger partial charge in [-0.3, -0.25) is 9.67 Å². The van der Waals surface area contributed by atoms with Crippen LogP contribution in [-0.2, 0) is 17.7 Å². The molecular weight excluding hydrogens is 294 g/mol. The minimum absolute atomic E-state index is 0.131. The molecule has 23 heavy (non-hydrogen) atoms. The van der Waals surface area contributed by atoms with Crippen LogP contribution in [0.4, 0.5) is 4.79 Å². The van der Waals surface area contributed by atoms with E-state index in [1.54, 1.807) is 20.3 Å². The number of pyridine rings is 1. The van der Waals surface area contributed by atoms with Gasteiger partial charge in [-0.05, 0) is 24.1 Å². The van der Waals surface area contributed by atoms with Crippen molar-refractivity contribution in [2.45, 2.75) is 19.1 Å². The molecule has 122 valence electrons. The molecule has 2 aromatic heterocycles. The Balaban J connectivity index is 1.70. The van der Waals surface area contributed by atoms with Crippen molar-refractivity contribution < 1.29 is 9.53 Å². The van der Waals surface area contributed by atoms with E-state index in [-0.39, 0.29) is 12.1 Å². The molecule has 3 heterocycles. The first-order chi connectivity index (χ1) is 11.1. The smallest absolute Gasteiger partial charge is 0.316 e. The third kappa shape index (κ3) is 3.68. The summed E-state index contributed by atoms with van der Waals surface area (Å²) in [4.78, 5) is 17.5. The molecule has 0 unspecified atom stereocenters. The molecule has 7 heteroatoms. The summed E-state index contributed by atoms with van der Waals surface area (Å²) in [6, 6.07) is 5.71. The second-order valence-electron chi connectivity index (χ2n) is 5.75. The summed E-state index contributed by atoms with van der Waals surface area (Å²) in [6.07, 6.45) is 4.47. The van der Waals surface area contributed by atoms with Gasteiger partial charge in [-0.15, -0.1) is 0 Å². The maximum atomic E-state index is 11.7. The lowest BCUT2D eigenvalue weighted by Crippen LogP contribution is -2.38. The van der Waals surface area contributed by atoms with Crippen LogP contribution < -0.4 is 5.32 Å². The largest absolute Gasteiger partial charge is 0.370 e. The zero-order valence-corrected chi connectivity index (χ0v) is 13.4. The topological polar surface area (TPSA) is 72.3 Å². The Morgan fingerprint density at radius 3 is 3.09 bits per heavy atom. The third-order valence-corrected chi connectivity index (χ3v) is 3.76. The number of amides is 2. The van der Waals surface area contributed by atoms with Crippen molar-refractivity contribution in [3.05, 3.63) is 47.5 Å². The monoisotopic (exact) mass is 315 g/mol. The van der Waals surface area contributed by atoms with Crippen molar-refractivity contribution >= 4 is 6.03 Å². The van der Waals surface area contributed by atoms with Crippen molar-refractivity contribution in [2.24, 2.45) is 0 Å². The van der Waals surface area contributed by atoms with Gasteiger partial charge in [-0.25, -0.2) is 4.79 Å². The number of fused-ring (bicyclic) bond motifs is 1. The average Bonchev–Trinajstić information content (AvgIpc) is 2.96. The van der Waals surface area contributed by atoms with E-state index in [0.29, 0.717) is 19.7 Å². The number of urea groups is 1. The quantitative estimate of drug-likeness (QED) is 0.920. The lowest BCUT2D eigenvalue weighted by molar-refractivity contribution is 0.0405. The first kappa shape index (κ1) is 15.5. The second-order valence-corrected chi connectivity index (χ2v) is 5.75. The lowest BCUT2D eigenvalue weighted by atomic mass is 10.1. The van der Waals surface area contributed by atoms with Crippen molar-refractivity contribution in [1.82, 2.24) is 25.0 Å². The summed E-state index contributed by atoms with van der Waals surface area (Å²) in [7, 11) is 3.42. The Bertz CT molecular complexity index is 668. The number of hydrogen-bond acceptors (Lipinski definition) is 4. The highest BCUT2D eigenvalue weighted by molar-refractivity contribution is 5.73. The van der Waals surface area contributed by atoms with Gasteiger partial charge in [-0.1, -0.05) is 6.07 Å². The van der Waals surface area contributed by atoms with Crippen molar-refractivity contribution in [2.75, 3.05) is 27.2 Å². The van der Waals surface area contributed by atoms with Crippen LogP contribution in [-0.4, -0.2) is 52.9 Å². The first-order valence-electron chi connectivity index (χ1n) is 7.66. The Morgan fingerprint density at radius 2 is 2.35 bits per heavy atom. The van der Waals surface area contributed by atoms with Gasteiger partial charge >= 0.3 is 6.03 Å². The maximum absolute atomic E-state index is 11.7. The highest BCUT2D eigenvalue weighted by Crippen LogP contribution is 2.25. The molecule has 0 saturated heterocycles. The lowest BCUT2D eigenvalue weighted by Gasteiger charge is -2.23. The van der Waals surface area contributed by atoms with Crippen LogP contribution in [0.5, 0.6) is 0 Å². The molecule has 0 aromatic carbocycles. The van der Waals surface area contributed by atoms with Crippen molar-refractivity contribution in [1.29, 1.82) is 0 Å². The Morgan fingerprint density at radius 1 is 1.48 bits per heavy atom. The number of carbonyl (C=O) groups excluding carboxylic acids is 1. The van der Waals surface area contributed by atoms with Crippen LogP contribution in [0.3, 0.4) is 0 Å². The van der Waals surface area contributed by atoms with Gasteiger partial charge in [0.1, 0.15) is 6.10 Å². The molecular formula is C16H21N5O2. The zero-order valence-electron chi connectivity index (χ0n) is 13.4. The van der Waals surface area contributed by atoms with E-state index in [1.807, 2.05) is 29.1 Å². The molecule has 0 spiro atoms. The Labute approximate surface area is 135 Å². The summed E-state index contributed by atoms with van der Waals surface area (Å²) in [5.74, 6) is 0. The molecule has 2 amide bonds. The fraction of sp³-hybridized carbons (Fsp3) is 0.438. The number of hydrogen-bond donors (Lipinski definition) is 1. The van der Waals surface area contributed by atoms with E-state index in [4.69, 9.17) is 4.74 Å². The minimum atomic E-state index is -0.201. The van der Waals surface area contributed by atoms with E-state index < -0.39 is 0 Å². The number of carbonyl (C=O) groups is 1. The van der Waals surface area contributed by atoms with Crippen LogP contribution in [0.25, 0.3) is 0 Å².